The van der Waals surface area contributed by atoms with Crippen molar-refractivity contribution in [1.29, 1.82) is 0 Å². The molecule has 0 saturated heterocycles. The Morgan fingerprint density at radius 2 is 2.15 bits per heavy atom. The average molecular weight is 194 g/mol. The fraction of sp³-hybridized carbons (Fsp3) is 0. The summed E-state index contributed by atoms with van der Waals surface area (Å²) in [6.07, 6.45) is 0. The van der Waals surface area contributed by atoms with E-state index >= 15 is 0 Å². The van der Waals surface area contributed by atoms with Crippen LogP contribution in [0, 0.1) is 0 Å². The van der Waals surface area contributed by atoms with E-state index in [1.54, 1.807) is 12.1 Å². The van der Waals surface area contributed by atoms with Crippen molar-refractivity contribution >= 4 is 28.0 Å². The smallest absolute Gasteiger partial charge is 0.372 e. The summed E-state index contributed by atoms with van der Waals surface area (Å²) in [5.41, 5.74) is 0.714. The standard InChI is InChI=1S/C9H6O3S/c10-9(11)13-8-5-6-3-1-2-4-7(6)12-8/h1-5H,(H,10,11). The van der Waals surface area contributed by atoms with Gasteiger partial charge >= 0.3 is 5.30 Å². The maximum atomic E-state index is 10.3. The molecule has 1 heterocycles. The molecule has 0 fully saturated rings. The lowest BCUT2D eigenvalue weighted by atomic mass is 10.3. The van der Waals surface area contributed by atoms with Gasteiger partial charge in [0.25, 0.3) is 0 Å². The predicted octanol–water partition coefficient (Wildman–Crippen LogP) is 3.20. The van der Waals surface area contributed by atoms with Crippen LogP contribution in [-0.4, -0.2) is 10.4 Å². The Morgan fingerprint density at radius 3 is 2.85 bits per heavy atom. The van der Waals surface area contributed by atoms with Crippen LogP contribution in [0.3, 0.4) is 0 Å². The molecule has 1 N–H and O–H groups in total. The lowest BCUT2D eigenvalue weighted by molar-refractivity contribution is 0.222. The summed E-state index contributed by atoms with van der Waals surface area (Å²) in [4.78, 5) is 10.3. The van der Waals surface area contributed by atoms with Gasteiger partial charge in [0.05, 0.1) is 0 Å². The largest absolute Gasteiger partial charge is 0.473 e. The van der Waals surface area contributed by atoms with Crippen LogP contribution in [0.4, 0.5) is 4.79 Å². The van der Waals surface area contributed by atoms with Gasteiger partial charge in [0.2, 0.25) is 0 Å². The number of fused-ring (bicyclic) bond motifs is 1. The Morgan fingerprint density at radius 1 is 1.38 bits per heavy atom. The number of carboxylic acid groups (broad SMARTS) is 1. The van der Waals surface area contributed by atoms with Crippen molar-refractivity contribution in [2.75, 3.05) is 0 Å². The van der Waals surface area contributed by atoms with Gasteiger partial charge in [0.15, 0.2) is 5.09 Å². The summed E-state index contributed by atoms with van der Waals surface area (Å²) < 4.78 is 5.26. The molecule has 0 saturated carbocycles. The molecule has 13 heavy (non-hydrogen) atoms. The van der Waals surface area contributed by atoms with Gasteiger partial charge in [0.1, 0.15) is 5.58 Å². The van der Waals surface area contributed by atoms with Gasteiger partial charge in [-0.15, -0.1) is 0 Å². The van der Waals surface area contributed by atoms with Crippen LogP contribution >= 0.6 is 11.8 Å². The molecule has 0 radical (unpaired) electrons. The van der Waals surface area contributed by atoms with Gasteiger partial charge < -0.3 is 9.52 Å². The van der Waals surface area contributed by atoms with Gasteiger partial charge in [-0.1, -0.05) is 18.2 Å². The number of para-hydroxylation sites is 1. The zero-order valence-corrected chi connectivity index (χ0v) is 7.38. The number of benzene rings is 1. The number of thioether (sulfide) groups is 1. The molecular formula is C9H6O3S. The first-order valence-electron chi connectivity index (χ1n) is 3.65. The van der Waals surface area contributed by atoms with E-state index in [1.165, 1.54) is 0 Å². The number of hydrogen-bond acceptors (Lipinski definition) is 3. The maximum absolute atomic E-state index is 10.3. The number of rotatable bonds is 1. The van der Waals surface area contributed by atoms with E-state index in [0.717, 1.165) is 5.39 Å². The van der Waals surface area contributed by atoms with Crippen LogP contribution in [0.15, 0.2) is 39.8 Å². The minimum absolute atomic E-state index is 0.411. The van der Waals surface area contributed by atoms with E-state index in [9.17, 15) is 4.79 Å². The molecule has 2 rings (SSSR count). The highest BCUT2D eigenvalue weighted by molar-refractivity contribution is 8.13. The number of carbonyl (C=O) groups is 1. The normalized spacial score (nSPS) is 10.5. The first-order chi connectivity index (χ1) is 6.25. The maximum Gasteiger partial charge on any atom is 0.372 e. The Labute approximate surface area is 78.4 Å². The summed E-state index contributed by atoms with van der Waals surface area (Å²) in [6, 6.07) is 9.13. The summed E-state index contributed by atoms with van der Waals surface area (Å²) in [5, 5.41) is 8.87. The summed E-state index contributed by atoms with van der Waals surface area (Å²) in [6.45, 7) is 0. The van der Waals surface area contributed by atoms with Gasteiger partial charge in [0, 0.05) is 17.1 Å². The van der Waals surface area contributed by atoms with Crippen molar-refractivity contribution in [1.82, 2.24) is 0 Å². The lowest BCUT2D eigenvalue weighted by Crippen LogP contribution is -1.79. The van der Waals surface area contributed by atoms with Crippen molar-refractivity contribution < 1.29 is 14.3 Å². The highest BCUT2D eigenvalue weighted by Crippen LogP contribution is 2.26. The van der Waals surface area contributed by atoms with E-state index < -0.39 is 5.30 Å². The number of hydrogen-bond donors (Lipinski definition) is 1. The van der Waals surface area contributed by atoms with Crippen molar-refractivity contribution in [2.45, 2.75) is 5.09 Å². The minimum atomic E-state index is -0.959. The quantitative estimate of drug-likeness (QED) is 0.708. The summed E-state index contributed by atoms with van der Waals surface area (Å²) in [7, 11) is 0. The first kappa shape index (κ1) is 8.19. The van der Waals surface area contributed by atoms with Crippen molar-refractivity contribution in [3.63, 3.8) is 0 Å². The Bertz CT molecular complexity index is 414. The first-order valence-corrected chi connectivity index (χ1v) is 4.47. The van der Waals surface area contributed by atoms with Crippen molar-refractivity contribution in [3.8, 4) is 0 Å². The Kier molecular flexibility index (Phi) is 1.98. The van der Waals surface area contributed by atoms with Crippen molar-refractivity contribution in [2.24, 2.45) is 0 Å². The van der Waals surface area contributed by atoms with E-state index in [0.29, 0.717) is 22.4 Å². The van der Waals surface area contributed by atoms with Crippen LogP contribution in [0.2, 0.25) is 0 Å². The van der Waals surface area contributed by atoms with Crippen LogP contribution in [0.5, 0.6) is 0 Å². The second kappa shape index (κ2) is 3.14. The monoisotopic (exact) mass is 194 g/mol. The molecule has 1 aromatic carbocycles. The molecule has 0 amide bonds. The van der Waals surface area contributed by atoms with E-state index in [2.05, 4.69) is 0 Å². The molecule has 0 bridgehead atoms. The zero-order chi connectivity index (χ0) is 9.26. The molecule has 0 unspecified atom stereocenters. The molecular weight excluding hydrogens is 188 g/mol. The third-order valence-electron chi connectivity index (χ3n) is 1.59. The lowest BCUT2D eigenvalue weighted by Gasteiger charge is -1.85. The molecule has 0 spiro atoms. The highest BCUT2D eigenvalue weighted by atomic mass is 32.2. The molecule has 66 valence electrons. The zero-order valence-electron chi connectivity index (χ0n) is 6.56. The predicted molar refractivity (Wildman–Crippen MR) is 50.1 cm³/mol. The van der Waals surface area contributed by atoms with Gasteiger partial charge in [-0.05, 0) is 12.1 Å². The third-order valence-corrected chi connectivity index (χ3v) is 2.17. The molecule has 2 aromatic rings. The second-order valence-corrected chi connectivity index (χ2v) is 3.43. The highest BCUT2D eigenvalue weighted by Gasteiger charge is 2.07. The fourth-order valence-electron chi connectivity index (χ4n) is 1.09. The van der Waals surface area contributed by atoms with Crippen LogP contribution in [0.25, 0.3) is 11.0 Å². The van der Waals surface area contributed by atoms with E-state index in [4.69, 9.17) is 9.52 Å². The molecule has 0 aliphatic rings. The third kappa shape index (κ3) is 1.67. The minimum Gasteiger partial charge on any atom is -0.473 e. The topological polar surface area (TPSA) is 50.4 Å². The molecule has 1 aromatic heterocycles. The Hall–Kier alpha value is -1.42. The molecule has 0 aliphatic heterocycles. The van der Waals surface area contributed by atoms with Gasteiger partial charge in [-0.2, -0.15) is 0 Å². The van der Waals surface area contributed by atoms with E-state index in [1.807, 2.05) is 18.2 Å². The summed E-state index contributed by atoms with van der Waals surface area (Å²) in [5.74, 6) is 0. The van der Waals surface area contributed by atoms with Gasteiger partial charge in [-0.25, -0.2) is 4.79 Å². The SMILES string of the molecule is O=C(O)Sc1cc2ccccc2o1. The fourth-order valence-corrected chi connectivity index (χ4v) is 1.58. The molecule has 3 nitrogen and oxygen atoms in total. The van der Waals surface area contributed by atoms with Crippen molar-refractivity contribution in [3.05, 3.63) is 30.3 Å². The average Bonchev–Trinajstić information content (AvgIpc) is 2.44. The van der Waals surface area contributed by atoms with Gasteiger partial charge in [-0.3, -0.25) is 0 Å². The molecule has 4 heteroatoms. The van der Waals surface area contributed by atoms with E-state index in [-0.39, 0.29) is 0 Å². The second-order valence-electron chi connectivity index (χ2n) is 2.47. The summed E-state index contributed by atoms with van der Waals surface area (Å²) >= 11 is 0.674. The Balaban J connectivity index is 2.44. The van der Waals surface area contributed by atoms with Crippen LogP contribution in [-0.2, 0) is 0 Å². The molecule has 0 atom stereocenters. The number of furan rings is 1. The van der Waals surface area contributed by atoms with Crippen LogP contribution < -0.4 is 0 Å². The molecule has 0 aliphatic carbocycles. The van der Waals surface area contributed by atoms with Crippen LogP contribution in [0.1, 0.15) is 0 Å².